The number of hydrogen-bond donors (Lipinski definition) is 2. The van der Waals surface area contributed by atoms with Gasteiger partial charge >= 0.3 is 0 Å². The maximum Gasteiger partial charge on any atom is 0.251 e. The molecule has 7 nitrogen and oxygen atoms in total. The molecule has 190 valence electrons. The normalized spacial score (nSPS) is 15.2. The van der Waals surface area contributed by atoms with Gasteiger partial charge in [0, 0.05) is 0 Å². The smallest absolute Gasteiger partial charge is 0.251 e. The van der Waals surface area contributed by atoms with Crippen LogP contribution in [0.2, 0.25) is 0 Å². The Kier molecular flexibility index (Phi) is 9.19. The zero-order chi connectivity index (χ0) is 26.2. The predicted octanol–water partition coefficient (Wildman–Crippen LogP) is 4.02. The third-order valence-electron chi connectivity index (χ3n) is 5.82. The van der Waals surface area contributed by atoms with Gasteiger partial charge in [-0.15, -0.1) is 0 Å². The molecule has 7 heteroatoms. The van der Waals surface area contributed by atoms with Crippen LogP contribution in [0.15, 0.2) is 60.7 Å². The second-order valence-electron chi connectivity index (χ2n) is 9.64. The van der Waals surface area contributed by atoms with Crippen LogP contribution in [0.1, 0.15) is 31.9 Å². The first-order valence-corrected chi connectivity index (χ1v) is 12.3. The third-order valence-corrected chi connectivity index (χ3v) is 5.82. The van der Waals surface area contributed by atoms with Crippen LogP contribution in [0.25, 0.3) is 10.8 Å². The number of carbonyl (C=O) groups excluding carboxylic acids is 3. The van der Waals surface area contributed by atoms with E-state index in [9.17, 15) is 14.4 Å². The van der Waals surface area contributed by atoms with E-state index < -0.39 is 6.04 Å². The zero-order valence-corrected chi connectivity index (χ0v) is 21.7. The second-order valence-corrected chi connectivity index (χ2v) is 9.64. The number of amides is 3. The van der Waals surface area contributed by atoms with E-state index in [4.69, 9.17) is 0 Å². The average Bonchev–Trinajstić information content (AvgIpc) is 2.95. The van der Waals surface area contributed by atoms with Gasteiger partial charge in [0.25, 0.3) is 5.91 Å². The van der Waals surface area contributed by atoms with Crippen molar-refractivity contribution in [3.05, 3.63) is 71.8 Å². The van der Waals surface area contributed by atoms with Crippen molar-refractivity contribution in [3.8, 4) is 0 Å². The summed E-state index contributed by atoms with van der Waals surface area (Å²) in [5.41, 5.74) is 3.38. The molecule has 2 N–H and O–H groups in total. The maximum atomic E-state index is 13.7. The Morgan fingerprint density at radius 3 is 2.33 bits per heavy atom. The van der Waals surface area contributed by atoms with E-state index in [-0.39, 0.29) is 24.9 Å². The molecule has 4 rings (SSSR count). The van der Waals surface area contributed by atoms with Crippen molar-refractivity contribution >= 4 is 40.4 Å². The van der Waals surface area contributed by atoms with Crippen LogP contribution in [0.3, 0.4) is 0 Å². The van der Waals surface area contributed by atoms with Crippen molar-refractivity contribution in [2.75, 3.05) is 29.9 Å². The third kappa shape index (κ3) is 6.29. The van der Waals surface area contributed by atoms with E-state index in [0.29, 0.717) is 24.3 Å². The fourth-order valence-corrected chi connectivity index (χ4v) is 4.20. The number of aryl methyl sites for hydroxylation is 1. The number of para-hydroxylation sites is 2. The number of benzene rings is 3. The number of fused-ring (bicyclic) bond motifs is 2. The number of nitrogens with zero attached hydrogens (tertiary/aromatic N) is 2. The SMILES string of the molecule is CC(C)C.CNCC(=O)NC1CN(C=O)c2ccccc2N(Cc2c(C)ccc3ccccc23)C1=O. The lowest BCUT2D eigenvalue weighted by molar-refractivity contribution is -0.127. The Morgan fingerprint density at radius 1 is 1.03 bits per heavy atom. The second kappa shape index (κ2) is 12.3. The highest BCUT2D eigenvalue weighted by Gasteiger charge is 2.35. The topological polar surface area (TPSA) is 81.8 Å². The van der Waals surface area contributed by atoms with Gasteiger partial charge in [0.2, 0.25) is 12.3 Å². The summed E-state index contributed by atoms with van der Waals surface area (Å²) in [5, 5.41) is 7.74. The summed E-state index contributed by atoms with van der Waals surface area (Å²) in [6.07, 6.45) is 0.704. The molecule has 1 heterocycles. The van der Waals surface area contributed by atoms with Crippen LogP contribution in [-0.4, -0.2) is 44.4 Å². The molecule has 36 heavy (non-hydrogen) atoms. The summed E-state index contributed by atoms with van der Waals surface area (Å²) >= 11 is 0. The molecule has 1 unspecified atom stereocenters. The zero-order valence-electron chi connectivity index (χ0n) is 21.7. The number of carbonyl (C=O) groups is 3. The van der Waals surface area contributed by atoms with Crippen molar-refractivity contribution in [1.82, 2.24) is 10.6 Å². The van der Waals surface area contributed by atoms with Crippen LogP contribution >= 0.6 is 0 Å². The standard InChI is InChI=1S/C25H26N4O3.C4H10/c1-17-11-12-18-7-3-4-8-19(18)20(17)14-29-23-10-6-5-9-22(23)28(16-30)15-21(25(29)32)27-24(31)13-26-2;1-4(2)3/h3-12,16,21,26H,13-15H2,1-2H3,(H,27,31);4H,1-3H3. The van der Waals surface area contributed by atoms with Crippen molar-refractivity contribution in [1.29, 1.82) is 0 Å². The first-order chi connectivity index (χ1) is 17.3. The molecular weight excluding hydrogens is 452 g/mol. The summed E-state index contributed by atoms with van der Waals surface area (Å²) in [6, 6.07) is 18.7. The monoisotopic (exact) mass is 488 g/mol. The van der Waals surface area contributed by atoms with E-state index in [1.54, 1.807) is 11.9 Å². The van der Waals surface area contributed by atoms with Gasteiger partial charge in [-0.05, 0) is 53.9 Å². The van der Waals surface area contributed by atoms with Gasteiger partial charge in [-0.25, -0.2) is 0 Å². The molecule has 0 radical (unpaired) electrons. The summed E-state index contributed by atoms with van der Waals surface area (Å²) in [6.45, 7) is 9.01. The molecule has 3 amide bonds. The Balaban J connectivity index is 0.000000840. The van der Waals surface area contributed by atoms with Gasteiger partial charge in [0.15, 0.2) is 0 Å². The Labute approximate surface area is 213 Å². The van der Waals surface area contributed by atoms with Gasteiger partial charge in [-0.1, -0.05) is 69.3 Å². The number of likely N-dealkylation sites (N-methyl/N-ethyl adjacent to an activating group) is 1. The molecule has 1 atom stereocenters. The van der Waals surface area contributed by atoms with Crippen LogP contribution < -0.4 is 20.4 Å². The highest BCUT2D eigenvalue weighted by atomic mass is 16.2. The highest BCUT2D eigenvalue weighted by molar-refractivity contribution is 6.06. The molecule has 1 aliphatic heterocycles. The van der Waals surface area contributed by atoms with Gasteiger partial charge in [-0.2, -0.15) is 0 Å². The van der Waals surface area contributed by atoms with Gasteiger partial charge in [0.1, 0.15) is 6.04 Å². The Bertz CT molecular complexity index is 1220. The minimum absolute atomic E-state index is 0.0693. The fraction of sp³-hybridized carbons (Fsp3) is 0.345. The lowest BCUT2D eigenvalue weighted by atomic mass is 9.99. The molecule has 3 aromatic rings. The summed E-state index contributed by atoms with van der Waals surface area (Å²) in [7, 11) is 1.66. The largest absolute Gasteiger partial charge is 0.342 e. The molecule has 1 aliphatic rings. The number of anilines is 2. The molecule has 0 spiro atoms. The maximum absolute atomic E-state index is 13.7. The first kappa shape index (κ1) is 26.9. The van der Waals surface area contributed by atoms with Crippen LogP contribution in [0, 0.1) is 12.8 Å². The first-order valence-electron chi connectivity index (χ1n) is 12.3. The van der Waals surface area contributed by atoms with E-state index in [1.165, 1.54) is 4.90 Å². The van der Waals surface area contributed by atoms with E-state index in [0.717, 1.165) is 27.8 Å². The quantitative estimate of drug-likeness (QED) is 0.514. The molecule has 0 aliphatic carbocycles. The lowest BCUT2D eigenvalue weighted by Gasteiger charge is -2.27. The molecule has 0 bridgehead atoms. The van der Waals surface area contributed by atoms with Crippen molar-refractivity contribution in [3.63, 3.8) is 0 Å². The van der Waals surface area contributed by atoms with Crippen LogP contribution in [-0.2, 0) is 20.9 Å². The molecule has 0 fully saturated rings. The highest BCUT2D eigenvalue weighted by Crippen LogP contribution is 2.34. The van der Waals surface area contributed by atoms with Gasteiger partial charge in [0.05, 0.1) is 31.0 Å². The molecule has 0 saturated carbocycles. The Morgan fingerprint density at radius 2 is 1.67 bits per heavy atom. The minimum atomic E-state index is -0.858. The summed E-state index contributed by atoms with van der Waals surface area (Å²) in [4.78, 5) is 41.1. The number of nitrogens with one attached hydrogen (secondary N) is 2. The van der Waals surface area contributed by atoms with Gasteiger partial charge < -0.3 is 20.4 Å². The van der Waals surface area contributed by atoms with E-state index in [1.807, 2.05) is 49.4 Å². The van der Waals surface area contributed by atoms with E-state index >= 15 is 0 Å². The Hall–Kier alpha value is -3.71. The van der Waals surface area contributed by atoms with E-state index in [2.05, 4.69) is 49.6 Å². The van der Waals surface area contributed by atoms with Crippen LogP contribution in [0.4, 0.5) is 11.4 Å². The van der Waals surface area contributed by atoms with Crippen molar-refractivity contribution < 1.29 is 14.4 Å². The summed E-state index contributed by atoms with van der Waals surface area (Å²) in [5.74, 6) is 0.280. The molecule has 0 saturated heterocycles. The predicted molar refractivity (Wildman–Crippen MR) is 146 cm³/mol. The molecule has 3 aromatic carbocycles. The van der Waals surface area contributed by atoms with Crippen molar-refractivity contribution in [2.24, 2.45) is 5.92 Å². The fourth-order valence-electron chi connectivity index (χ4n) is 4.20. The summed E-state index contributed by atoms with van der Waals surface area (Å²) < 4.78 is 0. The molecular formula is C29H36N4O3. The van der Waals surface area contributed by atoms with Crippen molar-refractivity contribution in [2.45, 2.75) is 40.3 Å². The van der Waals surface area contributed by atoms with Gasteiger partial charge in [-0.3, -0.25) is 14.4 Å². The minimum Gasteiger partial charge on any atom is -0.342 e. The number of hydrogen-bond acceptors (Lipinski definition) is 4. The lowest BCUT2D eigenvalue weighted by Crippen LogP contribution is -2.53. The molecule has 0 aromatic heterocycles. The number of rotatable bonds is 6. The van der Waals surface area contributed by atoms with Crippen LogP contribution in [0.5, 0.6) is 0 Å². The average molecular weight is 489 g/mol.